The number of anilines is 2. The van der Waals surface area contributed by atoms with Gasteiger partial charge in [0.1, 0.15) is 18.0 Å². The molecule has 4 heteroatoms. The van der Waals surface area contributed by atoms with Crippen LogP contribution in [-0.4, -0.2) is 16.5 Å². The molecule has 0 unspecified atom stereocenters. The van der Waals surface area contributed by atoms with E-state index in [-0.39, 0.29) is 0 Å². The van der Waals surface area contributed by atoms with Crippen molar-refractivity contribution in [3.05, 3.63) is 11.9 Å². The molecule has 1 fully saturated rings. The van der Waals surface area contributed by atoms with Crippen molar-refractivity contribution in [3.63, 3.8) is 0 Å². The highest BCUT2D eigenvalue weighted by Crippen LogP contribution is 2.24. The van der Waals surface area contributed by atoms with Crippen LogP contribution in [0.2, 0.25) is 0 Å². The average Bonchev–Trinajstić information content (AvgIpc) is 2.32. The molecule has 0 atom stereocenters. The zero-order chi connectivity index (χ0) is 11.4. The minimum Gasteiger partial charge on any atom is -0.383 e. The van der Waals surface area contributed by atoms with Crippen LogP contribution < -0.4 is 11.1 Å². The maximum atomic E-state index is 5.74. The van der Waals surface area contributed by atoms with Crippen molar-refractivity contribution in [1.82, 2.24) is 9.97 Å². The summed E-state index contributed by atoms with van der Waals surface area (Å²) >= 11 is 0. The van der Waals surface area contributed by atoms with E-state index in [1.54, 1.807) is 0 Å². The highest BCUT2D eigenvalue weighted by atomic mass is 15.0. The van der Waals surface area contributed by atoms with Crippen LogP contribution in [0, 0.1) is 12.8 Å². The Morgan fingerprint density at radius 3 is 2.81 bits per heavy atom. The molecule has 1 saturated carbocycles. The Hall–Kier alpha value is -1.32. The van der Waals surface area contributed by atoms with E-state index in [4.69, 9.17) is 5.73 Å². The molecule has 1 aliphatic carbocycles. The predicted octanol–water partition coefficient (Wildman–Crippen LogP) is 2.36. The Labute approximate surface area is 96.7 Å². The lowest BCUT2D eigenvalue weighted by Crippen LogP contribution is -2.18. The first kappa shape index (κ1) is 11.2. The monoisotopic (exact) mass is 220 g/mol. The SMILES string of the molecule is Cc1c(N)ncnc1NCC1CCCCC1. The van der Waals surface area contributed by atoms with Crippen molar-refractivity contribution in [2.75, 3.05) is 17.6 Å². The van der Waals surface area contributed by atoms with Crippen molar-refractivity contribution in [2.45, 2.75) is 39.0 Å². The summed E-state index contributed by atoms with van der Waals surface area (Å²) in [6, 6.07) is 0. The Kier molecular flexibility index (Phi) is 3.59. The lowest BCUT2D eigenvalue weighted by Gasteiger charge is -2.22. The van der Waals surface area contributed by atoms with E-state index in [0.29, 0.717) is 5.82 Å². The fraction of sp³-hybridized carbons (Fsp3) is 0.667. The van der Waals surface area contributed by atoms with Crippen molar-refractivity contribution in [1.29, 1.82) is 0 Å². The van der Waals surface area contributed by atoms with Crippen LogP contribution in [0.4, 0.5) is 11.6 Å². The zero-order valence-corrected chi connectivity index (χ0v) is 9.87. The molecule has 4 nitrogen and oxygen atoms in total. The van der Waals surface area contributed by atoms with Crippen LogP contribution in [0.5, 0.6) is 0 Å². The third-order valence-corrected chi connectivity index (χ3v) is 3.41. The predicted molar refractivity (Wildman–Crippen MR) is 66.2 cm³/mol. The molecular weight excluding hydrogens is 200 g/mol. The third kappa shape index (κ3) is 2.62. The summed E-state index contributed by atoms with van der Waals surface area (Å²) in [4.78, 5) is 8.18. The minimum atomic E-state index is 0.571. The van der Waals surface area contributed by atoms with Gasteiger partial charge in [0.2, 0.25) is 0 Å². The van der Waals surface area contributed by atoms with Gasteiger partial charge >= 0.3 is 0 Å². The molecule has 88 valence electrons. The molecule has 2 rings (SSSR count). The van der Waals surface area contributed by atoms with E-state index < -0.39 is 0 Å². The first-order valence-electron chi connectivity index (χ1n) is 6.08. The molecule has 1 heterocycles. The van der Waals surface area contributed by atoms with Crippen LogP contribution in [-0.2, 0) is 0 Å². The standard InChI is InChI=1S/C12H20N4/c1-9-11(13)15-8-16-12(9)14-7-10-5-3-2-4-6-10/h8,10H,2-7H2,1H3,(H3,13,14,15,16). The molecule has 0 aromatic carbocycles. The average molecular weight is 220 g/mol. The second kappa shape index (κ2) is 5.14. The van der Waals surface area contributed by atoms with E-state index in [9.17, 15) is 0 Å². The van der Waals surface area contributed by atoms with Crippen molar-refractivity contribution in [2.24, 2.45) is 5.92 Å². The zero-order valence-electron chi connectivity index (χ0n) is 9.87. The summed E-state index contributed by atoms with van der Waals surface area (Å²) in [6.07, 6.45) is 8.34. The lowest BCUT2D eigenvalue weighted by molar-refractivity contribution is 0.373. The van der Waals surface area contributed by atoms with Gasteiger partial charge in [0.15, 0.2) is 0 Å². The number of nitrogens with two attached hydrogens (primary N) is 1. The summed E-state index contributed by atoms with van der Waals surface area (Å²) in [5, 5.41) is 3.39. The molecular formula is C12H20N4. The number of rotatable bonds is 3. The molecule has 0 radical (unpaired) electrons. The third-order valence-electron chi connectivity index (χ3n) is 3.41. The van der Waals surface area contributed by atoms with Gasteiger partial charge in [-0.05, 0) is 25.7 Å². The molecule has 16 heavy (non-hydrogen) atoms. The highest BCUT2D eigenvalue weighted by Gasteiger charge is 2.13. The Bertz CT molecular complexity index is 345. The van der Waals surface area contributed by atoms with Crippen LogP contribution in [0.1, 0.15) is 37.7 Å². The number of hydrogen-bond acceptors (Lipinski definition) is 4. The van der Waals surface area contributed by atoms with Gasteiger partial charge in [-0.25, -0.2) is 9.97 Å². The Morgan fingerprint density at radius 2 is 2.06 bits per heavy atom. The van der Waals surface area contributed by atoms with Crippen molar-refractivity contribution in [3.8, 4) is 0 Å². The lowest BCUT2D eigenvalue weighted by atomic mass is 9.89. The molecule has 3 N–H and O–H groups in total. The highest BCUT2D eigenvalue weighted by molar-refractivity contribution is 5.53. The normalized spacial score (nSPS) is 17.3. The number of aromatic nitrogens is 2. The van der Waals surface area contributed by atoms with Crippen LogP contribution in [0.3, 0.4) is 0 Å². The van der Waals surface area contributed by atoms with Gasteiger partial charge in [0, 0.05) is 12.1 Å². The fourth-order valence-electron chi connectivity index (χ4n) is 2.27. The summed E-state index contributed by atoms with van der Waals surface area (Å²) in [7, 11) is 0. The number of hydrogen-bond donors (Lipinski definition) is 2. The molecule has 1 aromatic heterocycles. The van der Waals surface area contributed by atoms with Gasteiger partial charge in [-0.15, -0.1) is 0 Å². The maximum absolute atomic E-state index is 5.74. The summed E-state index contributed by atoms with van der Waals surface area (Å²) in [5.74, 6) is 2.25. The van der Waals surface area contributed by atoms with Crippen LogP contribution >= 0.6 is 0 Å². The first-order valence-corrected chi connectivity index (χ1v) is 6.08. The first-order chi connectivity index (χ1) is 7.77. The van der Waals surface area contributed by atoms with Gasteiger partial charge in [-0.2, -0.15) is 0 Å². The molecule has 0 spiro atoms. The van der Waals surface area contributed by atoms with Gasteiger partial charge in [-0.3, -0.25) is 0 Å². The summed E-state index contributed by atoms with van der Waals surface area (Å²) in [6.45, 7) is 2.97. The largest absolute Gasteiger partial charge is 0.383 e. The smallest absolute Gasteiger partial charge is 0.134 e. The Morgan fingerprint density at radius 1 is 1.31 bits per heavy atom. The molecule has 0 saturated heterocycles. The molecule has 0 aliphatic heterocycles. The van der Waals surface area contributed by atoms with E-state index >= 15 is 0 Å². The van der Waals surface area contributed by atoms with E-state index in [0.717, 1.165) is 23.8 Å². The molecule has 0 amide bonds. The second-order valence-corrected chi connectivity index (χ2v) is 4.62. The molecule has 1 aliphatic rings. The quantitative estimate of drug-likeness (QED) is 0.820. The van der Waals surface area contributed by atoms with E-state index in [1.807, 2.05) is 6.92 Å². The number of nitrogens with one attached hydrogen (secondary N) is 1. The van der Waals surface area contributed by atoms with Gasteiger partial charge in [0.25, 0.3) is 0 Å². The van der Waals surface area contributed by atoms with E-state index in [2.05, 4.69) is 15.3 Å². The fourth-order valence-corrected chi connectivity index (χ4v) is 2.27. The van der Waals surface area contributed by atoms with Gasteiger partial charge < -0.3 is 11.1 Å². The van der Waals surface area contributed by atoms with Crippen molar-refractivity contribution >= 4 is 11.6 Å². The maximum Gasteiger partial charge on any atom is 0.134 e. The van der Waals surface area contributed by atoms with Gasteiger partial charge in [-0.1, -0.05) is 19.3 Å². The minimum absolute atomic E-state index is 0.571. The van der Waals surface area contributed by atoms with Crippen LogP contribution in [0.15, 0.2) is 6.33 Å². The summed E-state index contributed by atoms with van der Waals surface area (Å²) < 4.78 is 0. The number of nitrogen functional groups attached to an aromatic ring is 1. The van der Waals surface area contributed by atoms with Crippen molar-refractivity contribution < 1.29 is 0 Å². The number of nitrogens with zero attached hydrogens (tertiary/aromatic N) is 2. The molecule has 0 bridgehead atoms. The second-order valence-electron chi connectivity index (χ2n) is 4.62. The van der Waals surface area contributed by atoms with Gasteiger partial charge in [0.05, 0.1) is 0 Å². The van der Waals surface area contributed by atoms with Crippen LogP contribution in [0.25, 0.3) is 0 Å². The Balaban J connectivity index is 1.91. The summed E-state index contributed by atoms with van der Waals surface area (Å²) in [5.41, 5.74) is 6.70. The topological polar surface area (TPSA) is 63.8 Å². The van der Waals surface area contributed by atoms with E-state index in [1.165, 1.54) is 38.4 Å². The molecule has 1 aromatic rings.